The van der Waals surface area contributed by atoms with Gasteiger partial charge in [-0.25, -0.2) is 4.98 Å². The summed E-state index contributed by atoms with van der Waals surface area (Å²) in [5.41, 5.74) is 1.18. The molecule has 4 rings (SSSR count). The molecule has 0 aliphatic carbocycles. The average Bonchev–Trinajstić information content (AvgIpc) is 3.27. The number of aromatic nitrogens is 4. The molecule has 4 atom stereocenters. The lowest BCUT2D eigenvalue weighted by Crippen LogP contribution is -2.33. The van der Waals surface area contributed by atoms with Gasteiger partial charge in [0.1, 0.15) is 24.1 Å². The second kappa shape index (κ2) is 7.87. The summed E-state index contributed by atoms with van der Waals surface area (Å²) in [5, 5.41) is 32.5. The summed E-state index contributed by atoms with van der Waals surface area (Å²) in [6.07, 6.45) is -4.36. The van der Waals surface area contributed by atoms with Crippen LogP contribution in [0.5, 0.6) is 5.75 Å². The highest BCUT2D eigenvalue weighted by atomic mass is 19.1. The van der Waals surface area contributed by atoms with Crippen LogP contribution in [0, 0.1) is 6.08 Å². The van der Waals surface area contributed by atoms with E-state index in [0.717, 1.165) is 5.56 Å². The lowest BCUT2D eigenvalue weighted by atomic mass is 10.1. The minimum atomic E-state index is -1.34. The molecule has 11 heteroatoms. The second-order valence-electron chi connectivity index (χ2n) is 6.56. The molecule has 29 heavy (non-hydrogen) atoms. The number of para-hydroxylation sites is 1. The Morgan fingerprint density at radius 3 is 2.76 bits per heavy atom. The maximum atomic E-state index is 14.1. The largest absolute Gasteiger partial charge is 0.496 e. The fourth-order valence-electron chi connectivity index (χ4n) is 3.34. The van der Waals surface area contributed by atoms with Crippen molar-refractivity contribution in [2.45, 2.75) is 31.1 Å². The normalized spacial score (nSPS) is 24.2. The van der Waals surface area contributed by atoms with Gasteiger partial charge in [0.15, 0.2) is 23.2 Å². The van der Waals surface area contributed by atoms with Gasteiger partial charge < -0.3 is 30.1 Å². The number of fused-ring (bicyclic) bond motifs is 1. The van der Waals surface area contributed by atoms with Crippen molar-refractivity contribution in [1.82, 2.24) is 19.5 Å². The van der Waals surface area contributed by atoms with Crippen LogP contribution in [0.4, 0.5) is 10.2 Å². The van der Waals surface area contributed by atoms with Gasteiger partial charge in [0.25, 0.3) is 0 Å². The minimum Gasteiger partial charge on any atom is -0.496 e. The number of anilines is 1. The Hall–Kier alpha value is -2.86. The molecule has 3 aromatic rings. The number of halogens is 1. The van der Waals surface area contributed by atoms with Crippen molar-refractivity contribution in [3.8, 4) is 5.75 Å². The van der Waals surface area contributed by atoms with Gasteiger partial charge in [-0.2, -0.15) is 14.4 Å². The molecular formula is C18H20FN5O5. The zero-order valence-electron chi connectivity index (χ0n) is 15.4. The van der Waals surface area contributed by atoms with E-state index >= 15 is 0 Å². The van der Waals surface area contributed by atoms with Crippen LogP contribution in [0.2, 0.25) is 0 Å². The van der Waals surface area contributed by atoms with Crippen molar-refractivity contribution in [2.75, 3.05) is 19.0 Å². The molecule has 0 bridgehead atoms. The Morgan fingerprint density at radius 1 is 1.24 bits per heavy atom. The van der Waals surface area contributed by atoms with Gasteiger partial charge in [0, 0.05) is 12.1 Å². The van der Waals surface area contributed by atoms with Crippen molar-refractivity contribution in [3.63, 3.8) is 0 Å². The van der Waals surface area contributed by atoms with Crippen molar-refractivity contribution in [1.29, 1.82) is 0 Å². The molecule has 1 aliphatic rings. The topological polar surface area (TPSA) is 135 Å². The Kier molecular flexibility index (Phi) is 5.28. The highest BCUT2D eigenvalue weighted by Crippen LogP contribution is 2.32. The molecule has 10 nitrogen and oxygen atoms in total. The van der Waals surface area contributed by atoms with Crippen LogP contribution in [0.25, 0.3) is 11.2 Å². The van der Waals surface area contributed by atoms with E-state index in [4.69, 9.17) is 9.47 Å². The summed E-state index contributed by atoms with van der Waals surface area (Å²) in [4.78, 5) is 11.8. The van der Waals surface area contributed by atoms with Crippen molar-refractivity contribution in [2.24, 2.45) is 0 Å². The smallest absolute Gasteiger partial charge is 0.312 e. The maximum Gasteiger partial charge on any atom is 0.312 e. The number of ether oxygens (including phenoxy) is 2. The number of methoxy groups -OCH3 is 1. The molecule has 0 spiro atoms. The molecule has 0 amide bonds. The first-order valence-corrected chi connectivity index (χ1v) is 8.91. The van der Waals surface area contributed by atoms with Gasteiger partial charge in [-0.3, -0.25) is 4.57 Å². The predicted octanol–water partition coefficient (Wildman–Crippen LogP) is 0.198. The number of hydrogen-bond donors (Lipinski definition) is 4. The SMILES string of the molecule is COc1ccccc1CNc1nc(F)nc2c1ncn2C1O[C@H](CO)[C@@H](O)[C@H]1O. The zero-order valence-corrected chi connectivity index (χ0v) is 15.4. The van der Waals surface area contributed by atoms with Crippen LogP contribution in [-0.4, -0.2) is 66.9 Å². The monoisotopic (exact) mass is 405 g/mol. The van der Waals surface area contributed by atoms with E-state index in [9.17, 15) is 19.7 Å². The Labute approximate surface area is 164 Å². The summed E-state index contributed by atoms with van der Waals surface area (Å²) < 4.78 is 26.2. The molecule has 4 N–H and O–H groups in total. The third-order valence-corrected chi connectivity index (χ3v) is 4.82. The van der Waals surface area contributed by atoms with E-state index in [1.54, 1.807) is 7.11 Å². The molecule has 3 heterocycles. The molecule has 0 saturated carbocycles. The number of imidazole rings is 1. The van der Waals surface area contributed by atoms with Gasteiger partial charge in [0.2, 0.25) is 0 Å². The van der Waals surface area contributed by atoms with Gasteiger partial charge >= 0.3 is 6.08 Å². The number of aliphatic hydroxyl groups excluding tert-OH is 3. The van der Waals surface area contributed by atoms with E-state index in [1.165, 1.54) is 10.9 Å². The zero-order chi connectivity index (χ0) is 20.5. The lowest BCUT2D eigenvalue weighted by molar-refractivity contribution is -0.0511. The molecular weight excluding hydrogens is 385 g/mol. The number of hydrogen-bond acceptors (Lipinski definition) is 9. The maximum absolute atomic E-state index is 14.1. The first-order valence-electron chi connectivity index (χ1n) is 8.91. The fourth-order valence-corrected chi connectivity index (χ4v) is 3.34. The molecule has 154 valence electrons. The third-order valence-electron chi connectivity index (χ3n) is 4.82. The van der Waals surface area contributed by atoms with Gasteiger partial charge in [-0.15, -0.1) is 0 Å². The molecule has 1 unspecified atom stereocenters. The first-order chi connectivity index (χ1) is 14.0. The van der Waals surface area contributed by atoms with Gasteiger partial charge in [0.05, 0.1) is 20.0 Å². The van der Waals surface area contributed by atoms with Crippen LogP contribution < -0.4 is 10.1 Å². The standard InChI is InChI=1S/C18H20FN5O5/c1-28-10-5-3-2-4-9(10)6-20-15-12-16(23-18(19)22-15)24(8-21-12)17-14(27)13(26)11(7-25)29-17/h2-5,8,11,13-14,17,25-27H,6-7H2,1H3,(H,20,22,23)/t11-,13-,14-,17?/m1/s1. The minimum absolute atomic E-state index is 0.0786. The lowest BCUT2D eigenvalue weighted by Gasteiger charge is -2.16. The van der Waals surface area contributed by atoms with Crippen LogP contribution >= 0.6 is 0 Å². The van der Waals surface area contributed by atoms with Gasteiger partial charge in [-0.1, -0.05) is 18.2 Å². The fraction of sp³-hybridized carbons (Fsp3) is 0.389. The quantitative estimate of drug-likeness (QED) is 0.424. The van der Waals surface area contributed by atoms with Crippen molar-refractivity contribution >= 4 is 17.0 Å². The highest BCUT2D eigenvalue weighted by molar-refractivity contribution is 5.82. The predicted molar refractivity (Wildman–Crippen MR) is 98.6 cm³/mol. The van der Waals surface area contributed by atoms with E-state index < -0.39 is 37.2 Å². The number of aliphatic hydroxyl groups is 3. The van der Waals surface area contributed by atoms with E-state index in [2.05, 4.69) is 20.3 Å². The summed E-state index contributed by atoms with van der Waals surface area (Å²) in [6.45, 7) is -0.174. The molecule has 2 aromatic heterocycles. The Balaban J connectivity index is 1.65. The van der Waals surface area contributed by atoms with Crippen LogP contribution in [0.15, 0.2) is 30.6 Å². The van der Waals surface area contributed by atoms with Gasteiger partial charge in [-0.05, 0) is 6.07 Å². The molecule has 1 aliphatic heterocycles. The number of rotatable bonds is 6. The van der Waals surface area contributed by atoms with Crippen LogP contribution in [0.1, 0.15) is 11.8 Å². The molecule has 1 saturated heterocycles. The number of nitrogens with one attached hydrogen (secondary N) is 1. The summed E-state index contributed by atoms with van der Waals surface area (Å²) >= 11 is 0. The van der Waals surface area contributed by atoms with Crippen molar-refractivity contribution < 1.29 is 29.2 Å². The summed E-state index contributed by atoms with van der Waals surface area (Å²) in [7, 11) is 1.56. The molecule has 0 radical (unpaired) electrons. The summed E-state index contributed by atoms with van der Waals surface area (Å²) in [5.74, 6) is 0.826. The molecule has 1 aromatic carbocycles. The third kappa shape index (κ3) is 3.49. The van der Waals surface area contributed by atoms with Crippen LogP contribution in [-0.2, 0) is 11.3 Å². The Morgan fingerprint density at radius 2 is 2.03 bits per heavy atom. The summed E-state index contributed by atoms with van der Waals surface area (Å²) in [6, 6.07) is 7.36. The molecule has 1 fully saturated rings. The van der Waals surface area contributed by atoms with E-state index in [0.29, 0.717) is 12.3 Å². The number of nitrogens with zero attached hydrogens (tertiary/aromatic N) is 4. The number of benzene rings is 1. The second-order valence-corrected chi connectivity index (χ2v) is 6.56. The van der Waals surface area contributed by atoms with E-state index in [-0.39, 0.29) is 17.0 Å². The van der Waals surface area contributed by atoms with E-state index in [1.807, 2.05) is 24.3 Å². The Bertz CT molecular complexity index is 1020. The average molecular weight is 405 g/mol. The highest BCUT2D eigenvalue weighted by Gasteiger charge is 2.44. The van der Waals surface area contributed by atoms with Crippen molar-refractivity contribution in [3.05, 3.63) is 42.2 Å². The first kappa shape index (κ1) is 19.5. The van der Waals surface area contributed by atoms with Crippen LogP contribution in [0.3, 0.4) is 0 Å².